The molecular formula is C80H146NO8P. The van der Waals surface area contributed by atoms with Crippen molar-refractivity contribution in [3.05, 3.63) is 85.1 Å². The van der Waals surface area contributed by atoms with Gasteiger partial charge in [-0.3, -0.25) is 14.2 Å². The standard InChI is InChI=1S/C80H146NO8P/c1-6-8-10-12-14-16-18-20-22-24-26-28-30-32-34-35-36-37-38-39-40-41-42-43-44-45-47-48-50-52-54-56-58-60-62-64-66-68-70-72-79(82)86-76-78(77-88-90(84,85)87-75-74-81(3,4)5)89-80(83)73-71-69-67-65-63-61-59-57-55-53-51-49-46-33-31-29-27-25-23-21-19-17-15-13-11-9-7-2/h9,11,15,17,21,23-24,26-27,29,33,46,51,53,78H,6-8,10,12-14,16,18-20,22,25,28,30-32,34-45,47-50,52,54-77H2,1-5H3/b11-9-,17-15-,23-21-,26-24-,29-27-,46-33-,53-51-. The molecule has 524 valence electrons. The quantitative estimate of drug-likeness (QED) is 0.0195. The van der Waals surface area contributed by atoms with Gasteiger partial charge in [0.25, 0.3) is 7.82 Å². The Kier molecular flexibility index (Phi) is 68.3. The average Bonchev–Trinajstić information content (AvgIpc) is 3.61. The van der Waals surface area contributed by atoms with E-state index in [9.17, 15) is 19.0 Å². The molecule has 0 bridgehead atoms. The number of allylic oxidation sites excluding steroid dienone is 14. The first-order valence-corrected chi connectivity index (χ1v) is 39.8. The number of esters is 2. The van der Waals surface area contributed by atoms with Gasteiger partial charge in [0.1, 0.15) is 19.8 Å². The van der Waals surface area contributed by atoms with Gasteiger partial charge in [-0.1, -0.05) is 343 Å². The van der Waals surface area contributed by atoms with Gasteiger partial charge < -0.3 is 27.9 Å². The van der Waals surface area contributed by atoms with E-state index in [0.29, 0.717) is 17.4 Å². The summed E-state index contributed by atoms with van der Waals surface area (Å²) in [6, 6.07) is 0. The third-order valence-corrected chi connectivity index (χ3v) is 17.9. The first-order valence-electron chi connectivity index (χ1n) is 38.3. The van der Waals surface area contributed by atoms with E-state index < -0.39 is 26.5 Å². The summed E-state index contributed by atoms with van der Waals surface area (Å²) in [6.07, 6.45) is 97.0. The van der Waals surface area contributed by atoms with Gasteiger partial charge in [-0.05, 0) is 89.9 Å². The molecular weight excluding hydrogens is 1130 g/mol. The molecule has 0 aromatic heterocycles. The van der Waals surface area contributed by atoms with Gasteiger partial charge in [0.15, 0.2) is 6.10 Å². The van der Waals surface area contributed by atoms with Crippen LogP contribution in [0.5, 0.6) is 0 Å². The number of quaternary nitrogens is 1. The highest BCUT2D eigenvalue weighted by atomic mass is 31.2. The average molecular weight is 1280 g/mol. The Bertz CT molecular complexity index is 1800. The van der Waals surface area contributed by atoms with Crippen LogP contribution in [0.2, 0.25) is 0 Å². The normalized spacial score (nSPS) is 13.5. The zero-order chi connectivity index (χ0) is 65.5. The number of carbonyl (C=O) groups is 2. The maximum absolute atomic E-state index is 12.9. The molecule has 0 aliphatic rings. The number of hydrogen-bond donors (Lipinski definition) is 0. The molecule has 0 saturated carbocycles. The number of carbonyl (C=O) groups excluding carboxylic acids is 2. The zero-order valence-corrected chi connectivity index (χ0v) is 60.7. The number of phosphoric ester groups is 1. The second kappa shape index (κ2) is 70.5. The summed E-state index contributed by atoms with van der Waals surface area (Å²) in [7, 11) is 1.16. The van der Waals surface area contributed by atoms with Gasteiger partial charge in [0.05, 0.1) is 27.7 Å². The van der Waals surface area contributed by atoms with Gasteiger partial charge in [0.2, 0.25) is 0 Å². The van der Waals surface area contributed by atoms with E-state index >= 15 is 0 Å². The topological polar surface area (TPSA) is 111 Å². The van der Waals surface area contributed by atoms with Crippen molar-refractivity contribution in [2.24, 2.45) is 0 Å². The van der Waals surface area contributed by atoms with E-state index in [-0.39, 0.29) is 32.0 Å². The van der Waals surface area contributed by atoms with Crippen LogP contribution in [0.4, 0.5) is 0 Å². The fraction of sp³-hybridized carbons (Fsp3) is 0.800. The molecule has 0 fully saturated rings. The van der Waals surface area contributed by atoms with Crippen LogP contribution in [-0.4, -0.2) is 70.0 Å². The van der Waals surface area contributed by atoms with Crippen molar-refractivity contribution in [3.8, 4) is 0 Å². The van der Waals surface area contributed by atoms with Gasteiger partial charge in [-0.15, -0.1) is 0 Å². The van der Waals surface area contributed by atoms with Crippen LogP contribution in [0.1, 0.15) is 361 Å². The fourth-order valence-electron chi connectivity index (χ4n) is 11.1. The Balaban J connectivity index is 3.95. The molecule has 2 atom stereocenters. The molecule has 10 heteroatoms. The van der Waals surface area contributed by atoms with E-state index in [1.165, 1.54) is 244 Å². The summed E-state index contributed by atoms with van der Waals surface area (Å²) in [5.41, 5.74) is 0. The van der Waals surface area contributed by atoms with Crippen LogP contribution in [0.25, 0.3) is 0 Å². The predicted octanol–water partition coefficient (Wildman–Crippen LogP) is 24.6. The second-order valence-corrected chi connectivity index (χ2v) is 28.4. The van der Waals surface area contributed by atoms with Gasteiger partial charge >= 0.3 is 11.9 Å². The lowest BCUT2D eigenvalue weighted by atomic mass is 10.0. The first kappa shape index (κ1) is 87.2. The molecule has 0 radical (unpaired) electrons. The number of rotatable bonds is 71. The smallest absolute Gasteiger partial charge is 0.306 e. The maximum Gasteiger partial charge on any atom is 0.306 e. The largest absolute Gasteiger partial charge is 0.756 e. The van der Waals surface area contributed by atoms with Crippen LogP contribution in [0.15, 0.2) is 85.1 Å². The number of ether oxygens (including phenoxy) is 2. The number of phosphoric acid groups is 1. The molecule has 90 heavy (non-hydrogen) atoms. The highest BCUT2D eigenvalue weighted by Gasteiger charge is 2.22. The molecule has 2 unspecified atom stereocenters. The molecule has 0 amide bonds. The fourth-order valence-corrected chi connectivity index (χ4v) is 11.8. The number of unbranched alkanes of at least 4 members (excludes halogenated alkanes) is 43. The van der Waals surface area contributed by atoms with Crippen molar-refractivity contribution < 1.29 is 42.1 Å². The van der Waals surface area contributed by atoms with E-state index in [2.05, 4.69) is 98.9 Å². The minimum Gasteiger partial charge on any atom is -0.756 e. The van der Waals surface area contributed by atoms with Crippen LogP contribution in [0, 0.1) is 0 Å². The van der Waals surface area contributed by atoms with Crippen molar-refractivity contribution in [1.82, 2.24) is 0 Å². The maximum atomic E-state index is 12.9. The Hall–Kier alpha value is -2.81. The van der Waals surface area contributed by atoms with Crippen molar-refractivity contribution >= 4 is 19.8 Å². The first-order chi connectivity index (χ1) is 44.0. The molecule has 0 spiro atoms. The highest BCUT2D eigenvalue weighted by molar-refractivity contribution is 7.45. The van der Waals surface area contributed by atoms with Crippen molar-refractivity contribution in [1.29, 1.82) is 0 Å². The predicted molar refractivity (Wildman–Crippen MR) is 388 cm³/mol. The van der Waals surface area contributed by atoms with E-state index in [4.69, 9.17) is 18.5 Å². The third kappa shape index (κ3) is 74.2. The number of likely N-dealkylation sites (N-methyl/N-ethyl adjacent to an activating group) is 1. The zero-order valence-electron chi connectivity index (χ0n) is 59.8. The molecule has 9 nitrogen and oxygen atoms in total. The van der Waals surface area contributed by atoms with Gasteiger partial charge in [-0.25, -0.2) is 0 Å². The molecule has 0 aromatic carbocycles. The number of hydrogen-bond acceptors (Lipinski definition) is 8. The van der Waals surface area contributed by atoms with E-state index in [1.54, 1.807) is 0 Å². The van der Waals surface area contributed by atoms with Crippen molar-refractivity contribution in [2.45, 2.75) is 367 Å². The highest BCUT2D eigenvalue weighted by Crippen LogP contribution is 2.38. The summed E-state index contributed by atoms with van der Waals surface area (Å²) in [4.78, 5) is 38.1. The Morgan fingerprint density at radius 1 is 0.356 bits per heavy atom. The number of nitrogens with zero attached hydrogens (tertiary/aromatic N) is 1. The monoisotopic (exact) mass is 1280 g/mol. The van der Waals surface area contributed by atoms with Crippen molar-refractivity contribution in [2.75, 3.05) is 47.5 Å². The van der Waals surface area contributed by atoms with Gasteiger partial charge in [0, 0.05) is 12.8 Å². The van der Waals surface area contributed by atoms with Crippen LogP contribution in [-0.2, 0) is 32.7 Å². The van der Waals surface area contributed by atoms with Crippen LogP contribution >= 0.6 is 7.82 Å². The summed E-state index contributed by atoms with van der Waals surface area (Å²) in [6.45, 7) is 4.16. The summed E-state index contributed by atoms with van der Waals surface area (Å²) >= 11 is 0. The molecule has 0 heterocycles. The van der Waals surface area contributed by atoms with E-state index in [1.807, 2.05) is 21.1 Å². The lowest BCUT2D eigenvalue weighted by Gasteiger charge is -2.28. The van der Waals surface area contributed by atoms with Crippen LogP contribution in [0.3, 0.4) is 0 Å². The molecule has 0 aromatic rings. The second-order valence-electron chi connectivity index (χ2n) is 27.0. The molecule has 0 aliphatic heterocycles. The van der Waals surface area contributed by atoms with E-state index in [0.717, 1.165) is 83.5 Å². The minimum atomic E-state index is -4.65. The van der Waals surface area contributed by atoms with Crippen molar-refractivity contribution in [3.63, 3.8) is 0 Å². The molecule has 0 rings (SSSR count). The Morgan fingerprint density at radius 2 is 0.633 bits per heavy atom. The summed E-state index contributed by atoms with van der Waals surface area (Å²) < 4.78 is 34.4. The summed E-state index contributed by atoms with van der Waals surface area (Å²) in [5.74, 6) is -0.832. The minimum absolute atomic E-state index is 0.0345. The van der Waals surface area contributed by atoms with Gasteiger partial charge in [-0.2, -0.15) is 0 Å². The Morgan fingerprint density at radius 3 is 0.956 bits per heavy atom. The van der Waals surface area contributed by atoms with Crippen LogP contribution < -0.4 is 4.89 Å². The lowest BCUT2D eigenvalue weighted by molar-refractivity contribution is -0.870. The lowest BCUT2D eigenvalue weighted by Crippen LogP contribution is -2.37. The Labute approximate surface area is 558 Å². The summed E-state index contributed by atoms with van der Waals surface area (Å²) in [5, 5.41) is 0. The molecule has 0 saturated heterocycles. The molecule has 0 aliphatic carbocycles. The molecule has 0 N–H and O–H groups in total. The SMILES string of the molecule is CC/C=C\C/C=C\C/C=C\C/C=C\C/C=C\C/C=C\CCCCCCCCCCC(=O)OC(COC(=O)CCCCCCCCCCCCCCCCCCCCCCCCCCCCC/C=C\CCCCCCCCCC)COP(=O)([O-])OCC[N+](C)(C)C. The third-order valence-electron chi connectivity index (χ3n) is 16.9.